The van der Waals surface area contributed by atoms with Crippen LogP contribution >= 0.6 is 0 Å². The maximum absolute atomic E-state index is 12.3. The molecule has 0 atom stereocenters. The van der Waals surface area contributed by atoms with Crippen molar-refractivity contribution >= 4 is 11.6 Å². The largest absolute Gasteiger partial charge is 0.454 e. The summed E-state index contributed by atoms with van der Waals surface area (Å²) in [4.78, 5) is 12.3. The zero-order valence-corrected chi connectivity index (χ0v) is 13.0. The minimum Gasteiger partial charge on any atom is -0.454 e. The van der Waals surface area contributed by atoms with Crippen molar-refractivity contribution in [1.29, 1.82) is 0 Å². The van der Waals surface area contributed by atoms with Gasteiger partial charge in [-0.1, -0.05) is 13.3 Å². The molecule has 0 unspecified atom stereocenters. The lowest BCUT2D eigenvalue weighted by Gasteiger charge is -2.24. The van der Waals surface area contributed by atoms with Gasteiger partial charge in [-0.25, -0.2) is 0 Å². The normalized spacial score (nSPS) is 16.2. The smallest absolute Gasteiger partial charge is 0.231 e. The van der Waals surface area contributed by atoms with E-state index in [2.05, 4.69) is 15.5 Å². The monoisotopic (exact) mass is 313 g/mol. The minimum atomic E-state index is 0.0920. The van der Waals surface area contributed by atoms with Gasteiger partial charge < -0.3 is 14.8 Å². The molecule has 6 heteroatoms. The number of aromatic nitrogens is 2. The molecule has 0 saturated heterocycles. The summed E-state index contributed by atoms with van der Waals surface area (Å²) < 4.78 is 10.8. The minimum absolute atomic E-state index is 0.0920. The number of rotatable bonds is 4. The van der Waals surface area contributed by atoms with Gasteiger partial charge in [-0.3, -0.25) is 9.89 Å². The van der Waals surface area contributed by atoms with Crippen LogP contribution in [0.15, 0.2) is 18.2 Å². The molecule has 2 aliphatic rings. The van der Waals surface area contributed by atoms with Crippen molar-refractivity contribution in [3.63, 3.8) is 0 Å². The van der Waals surface area contributed by atoms with Crippen LogP contribution in [0.1, 0.15) is 31.9 Å². The fourth-order valence-electron chi connectivity index (χ4n) is 2.92. The first-order valence-electron chi connectivity index (χ1n) is 8.04. The van der Waals surface area contributed by atoms with E-state index in [9.17, 15) is 4.79 Å². The third-order valence-corrected chi connectivity index (χ3v) is 4.56. The number of amides is 1. The Morgan fingerprint density at radius 3 is 2.91 bits per heavy atom. The van der Waals surface area contributed by atoms with Crippen molar-refractivity contribution < 1.29 is 14.3 Å². The molecule has 120 valence electrons. The van der Waals surface area contributed by atoms with E-state index in [-0.39, 0.29) is 18.6 Å². The molecular weight excluding hydrogens is 294 g/mol. The lowest BCUT2D eigenvalue weighted by molar-refractivity contribution is -0.122. The fraction of sp³-hybridized carbons (Fsp3) is 0.412. The van der Waals surface area contributed by atoms with E-state index in [1.54, 1.807) is 0 Å². The van der Waals surface area contributed by atoms with Gasteiger partial charge in [0.05, 0.1) is 11.4 Å². The summed E-state index contributed by atoms with van der Waals surface area (Å²) in [7, 11) is 0. The van der Waals surface area contributed by atoms with Crippen LogP contribution in [0.3, 0.4) is 0 Å². The quantitative estimate of drug-likeness (QED) is 0.909. The van der Waals surface area contributed by atoms with Crippen molar-refractivity contribution in [3.8, 4) is 22.8 Å². The number of hydrogen-bond acceptors (Lipinski definition) is 4. The zero-order chi connectivity index (χ0) is 15.8. The number of nitrogens with zero attached hydrogens (tertiary/aromatic N) is 1. The molecule has 0 spiro atoms. The Hall–Kier alpha value is -2.50. The predicted molar refractivity (Wildman–Crippen MR) is 85.5 cm³/mol. The zero-order valence-electron chi connectivity index (χ0n) is 13.0. The van der Waals surface area contributed by atoms with E-state index in [0.717, 1.165) is 54.1 Å². The standard InChI is InChI=1S/C17H19N3O3/c1-2-12-16(18-17(21)10-4-3-5-10)15(20-19-12)11-6-7-13-14(8-11)23-9-22-13/h6-8,10H,2-5,9H2,1H3,(H,18,21)(H,19,20). The van der Waals surface area contributed by atoms with Crippen LogP contribution in [0, 0.1) is 5.92 Å². The molecule has 1 aromatic carbocycles. The van der Waals surface area contributed by atoms with Crippen LogP contribution in [-0.4, -0.2) is 22.9 Å². The first-order valence-corrected chi connectivity index (χ1v) is 8.04. The van der Waals surface area contributed by atoms with Gasteiger partial charge in [-0.2, -0.15) is 5.10 Å². The highest BCUT2D eigenvalue weighted by Gasteiger charge is 2.27. The Morgan fingerprint density at radius 1 is 1.35 bits per heavy atom. The Morgan fingerprint density at radius 2 is 2.17 bits per heavy atom. The molecule has 4 rings (SSSR count). The molecule has 2 N–H and O–H groups in total. The van der Waals surface area contributed by atoms with E-state index >= 15 is 0 Å². The van der Waals surface area contributed by atoms with E-state index in [1.807, 2.05) is 25.1 Å². The Kier molecular flexibility index (Phi) is 3.44. The number of ether oxygens (including phenoxy) is 2. The summed E-state index contributed by atoms with van der Waals surface area (Å²) in [5.41, 5.74) is 3.36. The third kappa shape index (κ3) is 2.44. The van der Waals surface area contributed by atoms with Crippen molar-refractivity contribution in [2.24, 2.45) is 5.92 Å². The molecule has 1 aliphatic carbocycles. The number of carbonyl (C=O) groups excluding carboxylic acids is 1. The number of H-pyrrole nitrogens is 1. The number of anilines is 1. The first-order chi connectivity index (χ1) is 11.3. The molecule has 0 bridgehead atoms. The van der Waals surface area contributed by atoms with Crippen LogP contribution < -0.4 is 14.8 Å². The highest BCUT2D eigenvalue weighted by Crippen LogP contribution is 2.38. The summed E-state index contributed by atoms with van der Waals surface area (Å²) in [5, 5.41) is 10.5. The number of fused-ring (bicyclic) bond motifs is 1. The first kappa shape index (κ1) is 14.1. The second-order valence-electron chi connectivity index (χ2n) is 5.96. The number of aryl methyl sites for hydroxylation is 1. The van der Waals surface area contributed by atoms with Gasteiger partial charge in [0.2, 0.25) is 12.7 Å². The van der Waals surface area contributed by atoms with Crippen LogP contribution in [0.4, 0.5) is 5.69 Å². The van der Waals surface area contributed by atoms with Gasteiger partial charge in [0.1, 0.15) is 5.69 Å². The number of carbonyl (C=O) groups is 1. The second kappa shape index (κ2) is 5.61. The topological polar surface area (TPSA) is 76.2 Å². The average molecular weight is 313 g/mol. The summed E-state index contributed by atoms with van der Waals surface area (Å²) in [5.74, 6) is 1.67. The van der Waals surface area contributed by atoms with Crippen LogP contribution in [0.25, 0.3) is 11.3 Å². The second-order valence-corrected chi connectivity index (χ2v) is 5.96. The lowest BCUT2D eigenvalue weighted by Crippen LogP contribution is -2.28. The molecule has 6 nitrogen and oxygen atoms in total. The van der Waals surface area contributed by atoms with Crippen LogP contribution in [0.2, 0.25) is 0 Å². The predicted octanol–water partition coefficient (Wildman–Crippen LogP) is 3.11. The number of aromatic amines is 1. The van der Waals surface area contributed by atoms with Gasteiger partial charge in [-0.05, 0) is 37.5 Å². The molecule has 2 aromatic rings. The van der Waals surface area contributed by atoms with Gasteiger partial charge in [-0.15, -0.1) is 0 Å². The van der Waals surface area contributed by atoms with Crippen molar-refractivity contribution in [3.05, 3.63) is 23.9 Å². The molecule has 1 aliphatic heterocycles. The van der Waals surface area contributed by atoms with Gasteiger partial charge in [0.25, 0.3) is 0 Å². The summed E-state index contributed by atoms with van der Waals surface area (Å²) >= 11 is 0. The molecule has 2 heterocycles. The molecule has 1 aromatic heterocycles. The Balaban J connectivity index is 1.68. The molecular formula is C17H19N3O3. The summed E-state index contributed by atoms with van der Waals surface area (Å²) in [6, 6.07) is 5.70. The average Bonchev–Trinajstić information content (AvgIpc) is 3.10. The molecule has 0 radical (unpaired) electrons. The van der Waals surface area contributed by atoms with E-state index < -0.39 is 0 Å². The molecule has 23 heavy (non-hydrogen) atoms. The molecule has 1 saturated carbocycles. The van der Waals surface area contributed by atoms with Crippen molar-refractivity contribution in [2.75, 3.05) is 12.1 Å². The third-order valence-electron chi connectivity index (χ3n) is 4.56. The number of nitrogens with one attached hydrogen (secondary N) is 2. The van der Waals surface area contributed by atoms with E-state index in [0.29, 0.717) is 5.75 Å². The number of benzene rings is 1. The van der Waals surface area contributed by atoms with E-state index in [4.69, 9.17) is 9.47 Å². The Bertz CT molecular complexity index is 750. The Labute approximate surface area is 134 Å². The van der Waals surface area contributed by atoms with Gasteiger partial charge in [0, 0.05) is 11.5 Å². The SMILES string of the molecule is CCc1[nH]nc(-c2ccc3c(c2)OCO3)c1NC(=O)C1CCC1. The highest BCUT2D eigenvalue weighted by molar-refractivity contribution is 5.97. The van der Waals surface area contributed by atoms with Gasteiger partial charge >= 0.3 is 0 Å². The maximum atomic E-state index is 12.3. The fourth-order valence-corrected chi connectivity index (χ4v) is 2.92. The maximum Gasteiger partial charge on any atom is 0.231 e. The van der Waals surface area contributed by atoms with E-state index in [1.165, 1.54) is 0 Å². The molecule has 1 fully saturated rings. The molecule has 1 amide bonds. The van der Waals surface area contributed by atoms with Crippen molar-refractivity contribution in [1.82, 2.24) is 10.2 Å². The van der Waals surface area contributed by atoms with Crippen molar-refractivity contribution in [2.45, 2.75) is 32.6 Å². The lowest BCUT2D eigenvalue weighted by atomic mass is 9.84. The number of hydrogen-bond donors (Lipinski definition) is 2. The summed E-state index contributed by atoms with van der Waals surface area (Å²) in [6.07, 6.45) is 3.87. The highest BCUT2D eigenvalue weighted by atomic mass is 16.7. The summed E-state index contributed by atoms with van der Waals surface area (Å²) in [6.45, 7) is 2.28. The van der Waals surface area contributed by atoms with Crippen LogP contribution in [-0.2, 0) is 11.2 Å². The van der Waals surface area contributed by atoms with Gasteiger partial charge in [0.15, 0.2) is 11.5 Å². The van der Waals surface area contributed by atoms with Crippen LogP contribution in [0.5, 0.6) is 11.5 Å².